The van der Waals surface area contributed by atoms with Crippen LogP contribution in [0.25, 0.3) is 0 Å². The van der Waals surface area contributed by atoms with E-state index in [0.717, 1.165) is 19.5 Å². The van der Waals surface area contributed by atoms with E-state index in [0.29, 0.717) is 12.1 Å². The van der Waals surface area contributed by atoms with E-state index in [4.69, 9.17) is 10.5 Å². The van der Waals surface area contributed by atoms with Crippen LogP contribution in [0.5, 0.6) is 0 Å². The summed E-state index contributed by atoms with van der Waals surface area (Å²) in [5.74, 6) is 0. The van der Waals surface area contributed by atoms with E-state index in [1.165, 1.54) is 25.7 Å². The highest BCUT2D eigenvalue weighted by atomic mass is 16.5. The van der Waals surface area contributed by atoms with Crippen molar-refractivity contribution in [1.29, 1.82) is 0 Å². The van der Waals surface area contributed by atoms with Crippen molar-refractivity contribution < 1.29 is 4.74 Å². The molecule has 0 aromatic heterocycles. The van der Waals surface area contributed by atoms with Gasteiger partial charge in [-0.3, -0.25) is 0 Å². The lowest BCUT2D eigenvalue weighted by Gasteiger charge is -2.34. The number of unbranched alkanes of at least 4 members (excludes halogenated alkanes) is 2. The molecule has 0 unspecified atom stereocenters. The van der Waals surface area contributed by atoms with Crippen LogP contribution in [0.15, 0.2) is 0 Å². The maximum atomic E-state index is 5.41. The zero-order valence-electron chi connectivity index (χ0n) is 8.59. The lowest BCUT2D eigenvalue weighted by Crippen LogP contribution is -2.45. The smallest absolute Gasteiger partial charge is 0.0601 e. The molecule has 1 aliphatic rings. The van der Waals surface area contributed by atoms with Crippen molar-refractivity contribution in [3.63, 3.8) is 0 Å². The Morgan fingerprint density at radius 2 is 2.08 bits per heavy atom. The molecule has 3 nitrogen and oxygen atoms in total. The number of methoxy groups -OCH3 is 1. The van der Waals surface area contributed by atoms with E-state index < -0.39 is 0 Å². The molecule has 0 heterocycles. The largest absolute Gasteiger partial charge is 0.381 e. The Morgan fingerprint density at radius 3 is 2.69 bits per heavy atom. The summed E-state index contributed by atoms with van der Waals surface area (Å²) in [5.41, 5.74) is 5.41. The van der Waals surface area contributed by atoms with Crippen LogP contribution in [-0.4, -0.2) is 32.3 Å². The molecule has 0 radical (unpaired) electrons. The quantitative estimate of drug-likeness (QED) is 0.580. The first kappa shape index (κ1) is 11.0. The lowest BCUT2D eigenvalue weighted by molar-refractivity contribution is 0.0175. The third-order valence-electron chi connectivity index (χ3n) is 2.74. The van der Waals surface area contributed by atoms with Gasteiger partial charge in [-0.2, -0.15) is 0 Å². The van der Waals surface area contributed by atoms with Crippen LogP contribution in [0.2, 0.25) is 0 Å². The van der Waals surface area contributed by atoms with Gasteiger partial charge in [-0.1, -0.05) is 6.42 Å². The number of ether oxygens (including phenoxy) is 1. The second-order valence-electron chi connectivity index (χ2n) is 3.83. The minimum Gasteiger partial charge on any atom is -0.381 e. The van der Waals surface area contributed by atoms with Crippen molar-refractivity contribution in [3.05, 3.63) is 0 Å². The summed E-state index contributed by atoms with van der Waals surface area (Å²) in [6.07, 6.45) is 6.56. The molecule has 3 heteroatoms. The molecule has 1 fully saturated rings. The fraction of sp³-hybridized carbons (Fsp3) is 1.00. The van der Waals surface area contributed by atoms with Gasteiger partial charge in [-0.25, -0.2) is 0 Å². The topological polar surface area (TPSA) is 47.3 Å². The summed E-state index contributed by atoms with van der Waals surface area (Å²) >= 11 is 0. The molecule has 0 amide bonds. The summed E-state index contributed by atoms with van der Waals surface area (Å²) in [5, 5.41) is 3.52. The number of nitrogens with two attached hydrogens (primary N) is 1. The Morgan fingerprint density at radius 1 is 1.31 bits per heavy atom. The van der Waals surface area contributed by atoms with Gasteiger partial charge in [0, 0.05) is 13.2 Å². The molecule has 1 saturated carbocycles. The fourth-order valence-electron chi connectivity index (χ4n) is 1.68. The Balaban J connectivity index is 1.80. The van der Waals surface area contributed by atoms with E-state index in [9.17, 15) is 0 Å². The van der Waals surface area contributed by atoms with Crippen molar-refractivity contribution in [1.82, 2.24) is 5.32 Å². The third kappa shape index (κ3) is 4.07. The standard InChI is InChI=1S/C10H22N2O/c1-13-10-7-9(8-10)12-6-4-2-3-5-11/h9-10,12H,2-8,11H2,1H3. The summed E-state index contributed by atoms with van der Waals surface area (Å²) in [4.78, 5) is 0. The molecule has 0 spiro atoms. The van der Waals surface area contributed by atoms with E-state index in [1.54, 1.807) is 7.11 Å². The van der Waals surface area contributed by atoms with Crippen LogP contribution >= 0.6 is 0 Å². The molecular formula is C10H22N2O. The van der Waals surface area contributed by atoms with E-state index in [1.807, 2.05) is 0 Å². The molecular weight excluding hydrogens is 164 g/mol. The van der Waals surface area contributed by atoms with Crippen LogP contribution in [0.1, 0.15) is 32.1 Å². The van der Waals surface area contributed by atoms with Gasteiger partial charge >= 0.3 is 0 Å². The molecule has 0 aliphatic heterocycles. The first-order valence-corrected chi connectivity index (χ1v) is 5.33. The maximum absolute atomic E-state index is 5.41. The molecule has 1 rings (SSSR count). The second-order valence-corrected chi connectivity index (χ2v) is 3.83. The molecule has 0 aromatic rings. The summed E-state index contributed by atoms with van der Waals surface area (Å²) in [6, 6.07) is 0.711. The highest BCUT2D eigenvalue weighted by molar-refractivity contribution is 4.85. The molecule has 0 saturated heterocycles. The predicted molar refractivity (Wildman–Crippen MR) is 54.7 cm³/mol. The van der Waals surface area contributed by atoms with Crippen molar-refractivity contribution in [2.75, 3.05) is 20.2 Å². The van der Waals surface area contributed by atoms with Crippen LogP contribution in [0.3, 0.4) is 0 Å². The Kier molecular flexibility index (Phi) is 5.35. The normalized spacial score (nSPS) is 27.2. The molecule has 3 N–H and O–H groups in total. The average Bonchev–Trinajstić information content (AvgIpc) is 2.08. The van der Waals surface area contributed by atoms with Crippen molar-refractivity contribution in [2.45, 2.75) is 44.2 Å². The average molecular weight is 186 g/mol. The molecule has 13 heavy (non-hydrogen) atoms. The van der Waals surface area contributed by atoms with Crippen molar-refractivity contribution in [2.24, 2.45) is 5.73 Å². The Hall–Kier alpha value is -0.120. The van der Waals surface area contributed by atoms with Gasteiger partial charge in [0.15, 0.2) is 0 Å². The number of rotatable bonds is 7. The molecule has 78 valence electrons. The van der Waals surface area contributed by atoms with Crippen molar-refractivity contribution in [3.8, 4) is 0 Å². The highest BCUT2D eigenvalue weighted by Gasteiger charge is 2.27. The van der Waals surface area contributed by atoms with E-state index in [2.05, 4.69) is 5.32 Å². The predicted octanol–water partition coefficient (Wildman–Crippen LogP) is 0.882. The van der Waals surface area contributed by atoms with E-state index in [-0.39, 0.29) is 0 Å². The van der Waals surface area contributed by atoms with Crippen LogP contribution in [0, 0.1) is 0 Å². The number of nitrogens with one attached hydrogen (secondary N) is 1. The van der Waals surface area contributed by atoms with Gasteiger partial charge in [-0.05, 0) is 38.8 Å². The van der Waals surface area contributed by atoms with Gasteiger partial charge in [0.25, 0.3) is 0 Å². The first-order valence-electron chi connectivity index (χ1n) is 5.33. The Labute approximate surface area is 81.0 Å². The summed E-state index contributed by atoms with van der Waals surface area (Å²) in [6.45, 7) is 1.97. The van der Waals surface area contributed by atoms with Crippen LogP contribution < -0.4 is 11.1 Å². The monoisotopic (exact) mass is 186 g/mol. The zero-order chi connectivity index (χ0) is 9.52. The summed E-state index contributed by atoms with van der Waals surface area (Å²) < 4.78 is 5.20. The number of hydrogen-bond acceptors (Lipinski definition) is 3. The van der Waals surface area contributed by atoms with Gasteiger partial charge in [0.1, 0.15) is 0 Å². The Bertz CT molecular complexity index is 124. The molecule has 0 atom stereocenters. The highest BCUT2D eigenvalue weighted by Crippen LogP contribution is 2.22. The number of hydrogen-bond donors (Lipinski definition) is 2. The van der Waals surface area contributed by atoms with Gasteiger partial charge in [0.05, 0.1) is 6.10 Å². The SMILES string of the molecule is COC1CC(NCCCCCN)C1. The van der Waals surface area contributed by atoms with E-state index >= 15 is 0 Å². The summed E-state index contributed by atoms with van der Waals surface area (Å²) in [7, 11) is 1.79. The molecule has 1 aliphatic carbocycles. The van der Waals surface area contributed by atoms with Crippen LogP contribution in [0.4, 0.5) is 0 Å². The minimum absolute atomic E-state index is 0.515. The first-order chi connectivity index (χ1) is 6.36. The maximum Gasteiger partial charge on any atom is 0.0601 e. The second kappa shape index (κ2) is 6.35. The van der Waals surface area contributed by atoms with Gasteiger partial charge in [-0.15, -0.1) is 0 Å². The van der Waals surface area contributed by atoms with Crippen LogP contribution in [-0.2, 0) is 4.74 Å². The molecule has 0 bridgehead atoms. The fourth-order valence-corrected chi connectivity index (χ4v) is 1.68. The van der Waals surface area contributed by atoms with Gasteiger partial charge < -0.3 is 15.8 Å². The lowest BCUT2D eigenvalue weighted by atomic mass is 9.89. The third-order valence-corrected chi connectivity index (χ3v) is 2.74. The molecule has 0 aromatic carbocycles. The zero-order valence-corrected chi connectivity index (χ0v) is 8.59. The van der Waals surface area contributed by atoms with Crippen molar-refractivity contribution >= 4 is 0 Å². The van der Waals surface area contributed by atoms with Gasteiger partial charge in [0.2, 0.25) is 0 Å². The minimum atomic E-state index is 0.515.